The first-order valence-corrected chi connectivity index (χ1v) is 11.9. The summed E-state index contributed by atoms with van der Waals surface area (Å²) in [6, 6.07) is 6.57. The molecule has 1 aromatic rings. The van der Waals surface area contributed by atoms with Crippen molar-refractivity contribution in [3.8, 4) is 5.75 Å². The Bertz CT molecular complexity index is 880. The molecule has 0 saturated carbocycles. The molecule has 0 aromatic heterocycles. The van der Waals surface area contributed by atoms with E-state index in [0.717, 1.165) is 31.6 Å². The monoisotopic (exact) mass is 421 g/mol. The Morgan fingerprint density at radius 3 is 2.48 bits per heavy atom. The van der Waals surface area contributed by atoms with Gasteiger partial charge in [0.2, 0.25) is 11.8 Å². The van der Waals surface area contributed by atoms with Crippen molar-refractivity contribution in [3.05, 3.63) is 24.3 Å². The van der Waals surface area contributed by atoms with E-state index in [0.29, 0.717) is 12.3 Å². The van der Waals surface area contributed by atoms with Crippen molar-refractivity contribution in [2.24, 2.45) is 5.92 Å². The fourth-order valence-electron chi connectivity index (χ4n) is 4.60. The Kier molecular flexibility index (Phi) is 5.52. The van der Waals surface area contributed by atoms with Gasteiger partial charge in [0.15, 0.2) is 9.84 Å². The number of benzene rings is 1. The second-order valence-corrected chi connectivity index (χ2v) is 10.3. The van der Waals surface area contributed by atoms with E-state index in [-0.39, 0.29) is 35.8 Å². The fourth-order valence-corrected chi connectivity index (χ4v) is 6.55. The molecular weight excluding hydrogens is 394 g/mol. The number of likely N-dealkylation sites (tertiary alicyclic amines) is 1. The minimum atomic E-state index is -3.17. The molecule has 158 valence electrons. The van der Waals surface area contributed by atoms with Crippen LogP contribution in [0.1, 0.15) is 19.3 Å². The number of anilines is 1. The van der Waals surface area contributed by atoms with Gasteiger partial charge in [0.1, 0.15) is 5.75 Å². The van der Waals surface area contributed by atoms with Gasteiger partial charge in [-0.2, -0.15) is 0 Å². The molecule has 3 atom stereocenters. The molecule has 0 bridgehead atoms. The summed E-state index contributed by atoms with van der Waals surface area (Å²) in [5.74, 6) is -0.0502. The number of methoxy groups -OCH3 is 1. The van der Waals surface area contributed by atoms with Crippen LogP contribution in [0.15, 0.2) is 24.3 Å². The third-order valence-electron chi connectivity index (χ3n) is 6.14. The Balaban J connectivity index is 1.42. The number of carbonyl (C=O) groups excluding carboxylic acids is 2. The summed E-state index contributed by atoms with van der Waals surface area (Å²) < 4.78 is 29.5. The van der Waals surface area contributed by atoms with Crippen molar-refractivity contribution in [3.63, 3.8) is 0 Å². The van der Waals surface area contributed by atoms with Crippen molar-refractivity contribution in [1.29, 1.82) is 0 Å². The third-order valence-corrected chi connectivity index (χ3v) is 7.86. The van der Waals surface area contributed by atoms with Crippen LogP contribution in [-0.4, -0.2) is 75.5 Å². The zero-order chi connectivity index (χ0) is 20.6. The standard InChI is InChI=1S/C20H27N3O5S/c1-28-16-6-4-15(5-7-16)23-11-14(10-19(23)24)20(25)21-17-12-29(26,27)13-18(17)22-8-2-3-9-22/h4-7,14,17-18H,2-3,8-13H2,1H3,(H,21,25). The van der Waals surface area contributed by atoms with Gasteiger partial charge < -0.3 is 15.0 Å². The summed E-state index contributed by atoms with van der Waals surface area (Å²) in [7, 11) is -1.59. The largest absolute Gasteiger partial charge is 0.497 e. The van der Waals surface area contributed by atoms with E-state index in [1.165, 1.54) is 0 Å². The van der Waals surface area contributed by atoms with Gasteiger partial charge in [0.25, 0.3) is 0 Å². The summed E-state index contributed by atoms with van der Waals surface area (Å²) in [4.78, 5) is 29.1. The third kappa shape index (κ3) is 4.25. The summed E-state index contributed by atoms with van der Waals surface area (Å²) in [5.41, 5.74) is 0.726. The number of nitrogens with zero attached hydrogens (tertiary/aromatic N) is 2. The van der Waals surface area contributed by atoms with Gasteiger partial charge in [-0.25, -0.2) is 8.42 Å². The summed E-state index contributed by atoms with van der Waals surface area (Å²) in [6.45, 7) is 2.05. The Morgan fingerprint density at radius 2 is 1.83 bits per heavy atom. The smallest absolute Gasteiger partial charge is 0.227 e. The number of hydrogen-bond donors (Lipinski definition) is 1. The highest BCUT2D eigenvalue weighted by Gasteiger charge is 2.44. The van der Waals surface area contributed by atoms with E-state index < -0.39 is 21.8 Å². The van der Waals surface area contributed by atoms with Crippen molar-refractivity contribution < 1.29 is 22.7 Å². The second-order valence-electron chi connectivity index (χ2n) is 8.11. The van der Waals surface area contributed by atoms with Crippen LogP contribution in [0, 0.1) is 5.92 Å². The number of carbonyl (C=O) groups is 2. The zero-order valence-corrected chi connectivity index (χ0v) is 17.4. The van der Waals surface area contributed by atoms with Crippen LogP contribution in [0.25, 0.3) is 0 Å². The number of hydrogen-bond acceptors (Lipinski definition) is 6. The van der Waals surface area contributed by atoms with Crippen LogP contribution in [0.2, 0.25) is 0 Å². The van der Waals surface area contributed by atoms with Gasteiger partial charge in [0.05, 0.1) is 30.6 Å². The lowest BCUT2D eigenvalue weighted by molar-refractivity contribution is -0.127. The predicted octanol–water partition coefficient (Wildman–Crippen LogP) is 0.426. The molecule has 9 heteroatoms. The highest BCUT2D eigenvalue weighted by Crippen LogP contribution is 2.28. The molecule has 0 aliphatic carbocycles. The average molecular weight is 422 g/mol. The topological polar surface area (TPSA) is 96.0 Å². The first kappa shape index (κ1) is 20.2. The molecule has 3 saturated heterocycles. The highest BCUT2D eigenvalue weighted by molar-refractivity contribution is 7.91. The van der Waals surface area contributed by atoms with E-state index in [9.17, 15) is 18.0 Å². The van der Waals surface area contributed by atoms with E-state index in [1.54, 1.807) is 36.3 Å². The van der Waals surface area contributed by atoms with Crippen molar-refractivity contribution in [2.45, 2.75) is 31.3 Å². The first-order valence-electron chi connectivity index (χ1n) is 10.1. The molecular formula is C20H27N3O5S. The molecule has 4 rings (SSSR count). The van der Waals surface area contributed by atoms with Gasteiger partial charge in [-0.15, -0.1) is 0 Å². The molecule has 8 nitrogen and oxygen atoms in total. The molecule has 1 aromatic carbocycles. The molecule has 3 fully saturated rings. The number of ether oxygens (including phenoxy) is 1. The first-order chi connectivity index (χ1) is 13.9. The van der Waals surface area contributed by atoms with Gasteiger partial charge in [-0.3, -0.25) is 14.5 Å². The van der Waals surface area contributed by atoms with Crippen LogP contribution in [0.5, 0.6) is 5.75 Å². The lowest BCUT2D eigenvalue weighted by Gasteiger charge is -2.29. The molecule has 1 N–H and O–H groups in total. The van der Waals surface area contributed by atoms with Crippen LogP contribution in [-0.2, 0) is 19.4 Å². The maximum absolute atomic E-state index is 12.9. The Labute approximate surface area is 171 Å². The number of rotatable bonds is 5. The minimum Gasteiger partial charge on any atom is -0.497 e. The van der Waals surface area contributed by atoms with Gasteiger partial charge in [-0.1, -0.05) is 0 Å². The number of sulfone groups is 1. The van der Waals surface area contributed by atoms with E-state index >= 15 is 0 Å². The predicted molar refractivity (Wildman–Crippen MR) is 109 cm³/mol. The van der Waals surface area contributed by atoms with Crippen LogP contribution in [0.4, 0.5) is 5.69 Å². The maximum atomic E-state index is 12.9. The average Bonchev–Trinajstić information content (AvgIpc) is 3.41. The van der Waals surface area contributed by atoms with Crippen LogP contribution < -0.4 is 15.0 Å². The Hall–Kier alpha value is -2.13. The molecule has 0 spiro atoms. The second kappa shape index (κ2) is 7.95. The van der Waals surface area contributed by atoms with Crippen molar-refractivity contribution in [2.75, 3.05) is 43.1 Å². The highest BCUT2D eigenvalue weighted by atomic mass is 32.2. The summed E-state index contributed by atoms with van der Waals surface area (Å²) in [5, 5.41) is 2.96. The number of amides is 2. The lowest BCUT2D eigenvalue weighted by Crippen LogP contribution is -2.51. The zero-order valence-electron chi connectivity index (χ0n) is 16.5. The van der Waals surface area contributed by atoms with E-state index in [1.807, 2.05) is 0 Å². The van der Waals surface area contributed by atoms with Crippen LogP contribution in [0.3, 0.4) is 0 Å². The molecule has 3 aliphatic rings. The van der Waals surface area contributed by atoms with E-state index in [4.69, 9.17) is 4.74 Å². The normalized spacial score (nSPS) is 29.3. The SMILES string of the molecule is COc1ccc(N2CC(C(=O)NC3CS(=O)(=O)CC3N3CCCC3)CC2=O)cc1. The molecule has 3 aliphatic heterocycles. The molecule has 3 heterocycles. The van der Waals surface area contributed by atoms with Gasteiger partial charge >= 0.3 is 0 Å². The van der Waals surface area contributed by atoms with Crippen molar-refractivity contribution >= 4 is 27.3 Å². The quantitative estimate of drug-likeness (QED) is 0.741. The Morgan fingerprint density at radius 1 is 1.14 bits per heavy atom. The molecule has 3 unspecified atom stereocenters. The lowest BCUT2D eigenvalue weighted by atomic mass is 10.1. The molecule has 2 amide bonds. The van der Waals surface area contributed by atoms with Crippen molar-refractivity contribution in [1.82, 2.24) is 10.2 Å². The minimum absolute atomic E-state index is 0.0250. The van der Waals surface area contributed by atoms with Crippen LogP contribution >= 0.6 is 0 Å². The fraction of sp³-hybridized carbons (Fsp3) is 0.600. The van der Waals surface area contributed by atoms with E-state index in [2.05, 4.69) is 10.2 Å². The number of nitrogens with one attached hydrogen (secondary N) is 1. The van der Waals surface area contributed by atoms with Gasteiger partial charge in [-0.05, 0) is 50.2 Å². The van der Waals surface area contributed by atoms with Gasteiger partial charge in [0, 0.05) is 24.7 Å². The molecule has 29 heavy (non-hydrogen) atoms. The molecule has 0 radical (unpaired) electrons. The maximum Gasteiger partial charge on any atom is 0.227 e. The summed E-state index contributed by atoms with van der Waals surface area (Å²) in [6.07, 6.45) is 2.25. The summed E-state index contributed by atoms with van der Waals surface area (Å²) >= 11 is 0.